The van der Waals surface area contributed by atoms with Crippen LogP contribution in [0.4, 0.5) is 11.4 Å². The van der Waals surface area contributed by atoms with E-state index in [9.17, 15) is 4.79 Å². The van der Waals surface area contributed by atoms with Crippen molar-refractivity contribution in [3.63, 3.8) is 0 Å². The Morgan fingerprint density at radius 2 is 1.82 bits per heavy atom. The van der Waals surface area contributed by atoms with Gasteiger partial charge in [-0.15, -0.1) is 0 Å². The molecule has 0 aromatic heterocycles. The molecule has 2 aromatic carbocycles. The first-order chi connectivity index (χ1) is 10.5. The Morgan fingerprint density at radius 1 is 1.14 bits per heavy atom. The van der Waals surface area contributed by atoms with Crippen molar-refractivity contribution in [3.05, 3.63) is 59.2 Å². The minimum atomic E-state index is -0.243. The van der Waals surface area contributed by atoms with E-state index < -0.39 is 0 Å². The first-order valence-electron chi connectivity index (χ1n) is 7.79. The molecule has 0 aliphatic carbocycles. The quantitative estimate of drug-likeness (QED) is 0.936. The van der Waals surface area contributed by atoms with Gasteiger partial charge in [-0.05, 0) is 62.1 Å². The number of rotatable bonds is 3. The molecule has 22 heavy (non-hydrogen) atoms. The zero-order chi connectivity index (χ0) is 15.7. The molecule has 1 amide bonds. The highest BCUT2D eigenvalue weighted by atomic mass is 16.2. The lowest BCUT2D eigenvalue weighted by atomic mass is 10.1. The van der Waals surface area contributed by atoms with Gasteiger partial charge in [-0.25, -0.2) is 0 Å². The smallest absolute Gasteiger partial charge is 0.249 e. The third-order valence-electron chi connectivity index (χ3n) is 4.13. The van der Waals surface area contributed by atoms with E-state index >= 15 is 0 Å². The standard InChI is InChI=1S/C19H22N2O/c1-13-10-14(2)12-17(11-13)20-15(3)19(22)21-9-8-16-6-4-5-7-18(16)21/h4-7,10-12,15,20H,8-9H2,1-3H3/t15-/m0/s1. The van der Waals surface area contributed by atoms with Gasteiger partial charge in [-0.3, -0.25) is 4.79 Å². The molecule has 0 spiro atoms. The number of nitrogens with one attached hydrogen (secondary N) is 1. The lowest BCUT2D eigenvalue weighted by molar-refractivity contribution is -0.118. The van der Waals surface area contributed by atoms with Gasteiger partial charge in [0.2, 0.25) is 5.91 Å². The molecular formula is C19H22N2O. The third kappa shape index (κ3) is 2.84. The zero-order valence-electron chi connectivity index (χ0n) is 13.4. The lowest BCUT2D eigenvalue weighted by Crippen LogP contribution is -2.40. The Bertz CT molecular complexity index is 688. The fourth-order valence-corrected chi connectivity index (χ4v) is 3.17. The molecular weight excluding hydrogens is 272 g/mol. The summed E-state index contributed by atoms with van der Waals surface area (Å²) in [6, 6.07) is 14.2. The summed E-state index contributed by atoms with van der Waals surface area (Å²) in [5.74, 6) is 0.129. The molecule has 2 aromatic rings. The second-order valence-corrected chi connectivity index (χ2v) is 6.11. The normalized spacial score (nSPS) is 14.6. The van der Waals surface area contributed by atoms with Crippen LogP contribution in [0.2, 0.25) is 0 Å². The van der Waals surface area contributed by atoms with Crippen LogP contribution >= 0.6 is 0 Å². The Labute approximate surface area is 132 Å². The molecule has 3 rings (SSSR count). The molecule has 0 fully saturated rings. The van der Waals surface area contributed by atoms with Crippen molar-refractivity contribution in [2.24, 2.45) is 0 Å². The molecule has 0 saturated carbocycles. The van der Waals surface area contributed by atoms with Crippen LogP contribution in [0.25, 0.3) is 0 Å². The minimum absolute atomic E-state index is 0.129. The highest BCUT2D eigenvalue weighted by molar-refractivity contribution is 6.00. The molecule has 3 heteroatoms. The summed E-state index contributed by atoms with van der Waals surface area (Å²) in [5, 5.41) is 3.34. The van der Waals surface area contributed by atoms with Gasteiger partial charge >= 0.3 is 0 Å². The van der Waals surface area contributed by atoms with Crippen molar-refractivity contribution < 1.29 is 4.79 Å². The summed E-state index contributed by atoms with van der Waals surface area (Å²) in [4.78, 5) is 14.6. The van der Waals surface area contributed by atoms with Crippen molar-refractivity contribution in [3.8, 4) is 0 Å². The van der Waals surface area contributed by atoms with Gasteiger partial charge in [0.05, 0.1) is 0 Å². The average Bonchev–Trinajstić information content (AvgIpc) is 2.89. The van der Waals surface area contributed by atoms with Gasteiger partial charge in [0, 0.05) is 17.9 Å². The van der Waals surface area contributed by atoms with Crippen molar-refractivity contribution in [2.75, 3.05) is 16.8 Å². The number of amides is 1. The van der Waals surface area contributed by atoms with Crippen molar-refractivity contribution >= 4 is 17.3 Å². The molecule has 1 atom stereocenters. The molecule has 0 radical (unpaired) electrons. The lowest BCUT2D eigenvalue weighted by Gasteiger charge is -2.23. The number of hydrogen-bond acceptors (Lipinski definition) is 2. The molecule has 1 aliphatic rings. The monoisotopic (exact) mass is 294 g/mol. The predicted molar refractivity (Wildman–Crippen MR) is 91.5 cm³/mol. The highest BCUT2D eigenvalue weighted by Crippen LogP contribution is 2.28. The van der Waals surface area contributed by atoms with E-state index in [0.717, 1.165) is 24.3 Å². The van der Waals surface area contributed by atoms with Crippen LogP contribution in [0, 0.1) is 13.8 Å². The van der Waals surface area contributed by atoms with Gasteiger partial charge < -0.3 is 10.2 Å². The summed E-state index contributed by atoms with van der Waals surface area (Å²) >= 11 is 0. The van der Waals surface area contributed by atoms with Crippen LogP contribution in [-0.2, 0) is 11.2 Å². The maximum atomic E-state index is 12.7. The Hall–Kier alpha value is -2.29. The van der Waals surface area contributed by atoms with Gasteiger partial charge in [-0.1, -0.05) is 24.3 Å². The van der Waals surface area contributed by atoms with E-state index in [0.29, 0.717) is 0 Å². The maximum absolute atomic E-state index is 12.7. The second-order valence-electron chi connectivity index (χ2n) is 6.11. The van der Waals surface area contributed by atoms with E-state index in [1.165, 1.54) is 16.7 Å². The van der Waals surface area contributed by atoms with Gasteiger partial charge in [0.15, 0.2) is 0 Å². The summed E-state index contributed by atoms with van der Waals surface area (Å²) in [6.45, 7) is 6.85. The minimum Gasteiger partial charge on any atom is -0.374 e. The summed E-state index contributed by atoms with van der Waals surface area (Å²) in [6.07, 6.45) is 0.943. The van der Waals surface area contributed by atoms with Crippen LogP contribution in [0.1, 0.15) is 23.6 Å². The zero-order valence-corrected chi connectivity index (χ0v) is 13.4. The van der Waals surface area contributed by atoms with Crippen molar-refractivity contribution in [2.45, 2.75) is 33.2 Å². The number of fused-ring (bicyclic) bond motifs is 1. The highest BCUT2D eigenvalue weighted by Gasteiger charge is 2.27. The third-order valence-corrected chi connectivity index (χ3v) is 4.13. The number of aryl methyl sites for hydroxylation is 2. The van der Waals surface area contributed by atoms with Crippen LogP contribution in [-0.4, -0.2) is 18.5 Å². The number of carbonyl (C=O) groups excluding carboxylic acids is 1. The molecule has 0 bridgehead atoms. The number of nitrogens with zero attached hydrogens (tertiary/aromatic N) is 1. The van der Waals surface area contributed by atoms with E-state index in [-0.39, 0.29) is 11.9 Å². The fraction of sp³-hybridized carbons (Fsp3) is 0.316. The largest absolute Gasteiger partial charge is 0.374 e. The Kier molecular flexibility index (Phi) is 3.88. The number of benzene rings is 2. The summed E-state index contributed by atoms with van der Waals surface area (Å²) < 4.78 is 0. The first kappa shape index (κ1) is 14.6. The van der Waals surface area contributed by atoms with Crippen molar-refractivity contribution in [1.82, 2.24) is 0 Å². The van der Waals surface area contributed by atoms with E-state index in [4.69, 9.17) is 0 Å². The van der Waals surface area contributed by atoms with Crippen LogP contribution < -0.4 is 10.2 Å². The number of anilines is 2. The van der Waals surface area contributed by atoms with E-state index in [1.54, 1.807) is 0 Å². The molecule has 1 aliphatic heterocycles. The Morgan fingerprint density at radius 3 is 2.55 bits per heavy atom. The molecule has 0 unspecified atom stereocenters. The van der Waals surface area contributed by atoms with Crippen molar-refractivity contribution in [1.29, 1.82) is 0 Å². The van der Waals surface area contributed by atoms with E-state index in [1.807, 2.05) is 30.0 Å². The van der Waals surface area contributed by atoms with Crippen LogP contribution in [0.5, 0.6) is 0 Å². The van der Waals surface area contributed by atoms with Gasteiger partial charge in [0.1, 0.15) is 6.04 Å². The number of hydrogen-bond donors (Lipinski definition) is 1. The van der Waals surface area contributed by atoms with Gasteiger partial charge in [-0.2, -0.15) is 0 Å². The van der Waals surface area contributed by atoms with Crippen LogP contribution in [0.3, 0.4) is 0 Å². The average molecular weight is 294 g/mol. The van der Waals surface area contributed by atoms with Crippen LogP contribution in [0.15, 0.2) is 42.5 Å². The summed E-state index contributed by atoms with van der Waals surface area (Å²) in [5.41, 5.74) is 5.73. The molecule has 1 heterocycles. The predicted octanol–water partition coefficient (Wildman–Crippen LogP) is 3.69. The summed E-state index contributed by atoms with van der Waals surface area (Å²) in [7, 11) is 0. The van der Waals surface area contributed by atoms with Gasteiger partial charge in [0.25, 0.3) is 0 Å². The topological polar surface area (TPSA) is 32.3 Å². The van der Waals surface area contributed by atoms with E-state index in [2.05, 4.69) is 43.4 Å². The molecule has 3 nitrogen and oxygen atoms in total. The SMILES string of the molecule is Cc1cc(C)cc(N[C@@H](C)C(=O)N2CCc3ccccc32)c1. The fourth-order valence-electron chi connectivity index (χ4n) is 3.17. The number of carbonyl (C=O) groups is 1. The molecule has 114 valence electrons. The number of para-hydroxylation sites is 1. The Balaban J connectivity index is 1.75. The second kappa shape index (κ2) is 5.84. The maximum Gasteiger partial charge on any atom is 0.249 e. The molecule has 0 saturated heterocycles. The molecule has 1 N–H and O–H groups in total. The first-order valence-corrected chi connectivity index (χ1v) is 7.79.